The van der Waals surface area contributed by atoms with Crippen LogP contribution in [0.3, 0.4) is 0 Å². The van der Waals surface area contributed by atoms with E-state index < -0.39 is 0 Å². The first kappa shape index (κ1) is 19.8. The van der Waals surface area contributed by atoms with Gasteiger partial charge in [0.2, 0.25) is 12.7 Å². The number of carbonyl (C=O) groups excluding carboxylic acids is 1. The number of allylic oxidation sites excluding steroid dienone is 4. The lowest BCUT2D eigenvalue weighted by Crippen LogP contribution is -2.25. The molecule has 4 nitrogen and oxygen atoms in total. The first-order valence-electron chi connectivity index (χ1n) is 9.32. The Kier molecular flexibility index (Phi) is 8.53. The molecule has 1 aromatic rings. The number of hydrogen-bond donors (Lipinski definition) is 1. The van der Waals surface area contributed by atoms with Crippen LogP contribution in [0.4, 0.5) is 0 Å². The van der Waals surface area contributed by atoms with Crippen LogP contribution in [0.5, 0.6) is 11.5 Å². The zero-order valence-electron chi connectivity index (χ0n) is 15.7. The molecule has 26 heavy (non-hydrogen) atoms. The molecule has 0 atom stereocenters. The second-order valence-corrected chi connectivity index (χ2v) is 6.73. The van der Waals surface area contributed by atoms with Gasteiger partial charge in [-0.1, -0.05) is 50.3 Å². The highest BCUT2D eigenvalue weighted by Gasteiger charge is 2.11. The van der Waals surface area contributed by atoms with Crippen LogP contribution in [-0.4, -0.2) is 19.2 Å². The fourth-order valence-corrected chi connectivity index (χ4v) is 2.44. The highest BCUT2D eigenvalue weighted by Crippen LogP contribution is 2.32. The Labute approximate surface area is 156 Å². The molecule has 1 N–H and O–H groups in total. The average Bonchev–Trinajstić information content (AvgIpc) is 3.09. The molecule has 0 saturated carbocycles. The predicted molar refractivity (Wildman–Crippen MR) is 106 cm³/mol. The summed E-state index contributed by atoms with van der Waals surface area (Å²) in [5, 5.41) is 2.88. The molecule has 1 aliphatic rings. The molecule has 1 amide bonds. The second kappa shape index (κ2) is 11.2. The van der Waals surface area contributed by atoms with Gasteiger partial charge in [0.05, 0.1) is 0 Å². The summed E-state index contributed by atoms with van der Waals surface area (Å²) in [5.41, 5.74) is 1.10. The van der Waals surface area contributed by atoms with Crippen molar-refractivity contribution in [2.75, 3.05) is 13.3 Å². The van der Waals surface area contributed by atoms with Crippen molar-refractivity contribution in [1.82, 2.24) is 5.32 Å². The van der Waals surface area contributed by atoms with Crippen LogP contribution in [0.1, 0.15) is 45.1 Å². The van der Waals surface area contributed by atoms with Gasteiger partial charge in [0, 0.05) is 6.54 Å². The van der Waals surface area contributed by atoms with Crippen LogP contribution < -0.4 is 14.8 Å². The largest absolute Gasteiger partial charge is 0.454 e. The van der Waals surface area contributed by atoms with Gasteiger partial charge in [-0.25, -0.2) is 0 Å². The van der Waals surface area contributed by atoms with Gasteiger partial charge in [-0.15, -0.1) is 0 Å². The van der Waals surface area contributed by atoms with Crippen molar-refractivity contribution in [3.05, 3.63) is 54.1 Å². The average molecular weight is 355 g/mol. The Hall–Kier alpha value is -2.49. The third kappa shape index (κ3) is 7.60. The fourth-order valence-electron chi connectivity index (χ4n) is 2.44. The smallest absolute Gasteiger partial charge is 0.243 e. The molecule has 0 unspecified atom stereocenters. The molecule has 4 heteroatoms. The summed E-state index contributed by atoms with van der Waals surface area (Å²) in [5.74, 6) is 2.11. The number of rotatable bonds is 10. The fraction of sp³-hybridized carbons (Fsp3) is 0.409. The number of hydrogen-bond acceptors (Lipinski definition) is 3. The minimum absolute atomic E-state index is 0.00671. The Morgan fingerprint density at radius 1 is 1.12 bits per heavy atom. The van der Waals surface area contributed by atoms with E-state index in [9.17, 15) is 4.79 Å². The van der Waals surface area contributed by atoms with Gasteiger partial charge in [-0.3, -0.25) is 4.79 Å². The predicted octanol–water partition coefficient (Wildman–Crippen LogP) is 4.87. The molecule has 0 aromatic heterocycles. The Bertz CT molecular complexity index is 659. The number of ether oxygens (including phenoxy) is 2. The van der Waals surface area contributed by atoms with Crippen molar-refractivity contribution in [3.63, 3.8) is 0 Å². The van der Waals surface area contributed by atoms with Crippen LogP contribution in [-0.2, 0) is 4.79 Å². The maximum Gasteiger partial charge on any atom is 0.243 e. The topological polar surface area (TPSA) is 47.6 Å². The highest BCUT2D eigenvalue weighted by molar-refractivity contribution is 5.87. The van der Waals surface area contributed by atoms with E-state index in [0.717, 1.165) is 49.3 Å². The van der Waals surface area contributed by atoms with E-state index in [1.807, 2.05) is 30.4 Å². The number of unbranched alkanes of at least 4 members (excludes halogenated alkanes) is 3. The van der Waals surface area contributed by atoms with Gasteiger partial charge in [-0.2, -0.15) is 0 Å². The van der Waals surface area contributed by atoms with Gasteiger partial charge < -0.3 is 14.8 Å². The Morgan fingerprint density at radius 3 is 2.69 bits per heavy atom. The van der Waals surface area contributed by atoms with Crippen molar-refractivity contribution in [3.8, 4) is 11.5 Å². The zero-order valence-corrected chi connectivity index (χ0v) is 15.7. The molecule has 1 aromatic carbocycles. The highest BCUT2D eigenvalue weighted by atomic mass is 16.7. The summed E-state index contributed by atoms with van der Waals surface area (Å²) >= 11 is 0. The van der Waals surface area contributed by atoms with E-state index in [0.29, 0.717) is 12.7 Å². The van der Waals surface area contributed by atoms with E-state index in [2.05, 4.69) is 37.4 Å². The minimum atomic E-state index is 0.00671. The molecule has 1 heterocycles. The van der Waals surface area contributed by atoms with E-state index >= 15 is 0 Å². The molecule has 2 rings (SSSR count). The number of fused-ring (bicyclic) bond motifs is 1. The molecule has 140 valence electrons. The van der Waals surface area contributed by atoms with E-state index in [-0.39, 0.29) is 5.91 Å². The van der Waals surface area contributed by atoms with Crippen LogP contribution in [0.2, 0.25) is 0 Å². The standard InChI is InChI=1S/C22H29NO3/c1-18(2)16-23-22(24)12-10-8-6-4-3-5-7-9-11-19-13-14-20-21(15-19)26-17-25-20/h5,7,9-15,18H,3-4,6,8,16-17H2,1-2H3,(H,23,24). The van der Waals surface area contributed by atoms with Gasteiger partial charge in [0.25, 0.3) is 0 Å². The SMILES string of the molecule is CC(C)CNC(=O)C=CCCCCC=CC=Cc1ccc2c(c1)OCO2. The van der Waals surface area contributed by atoms with E-state index in [4.69, 9.17) is 9.47 Å². The summed E-state index contributed by atoms with van der Waals surface area (Å²) in [6.07, 6.45) is 16.1. The third-order valence-electron chi connectivity index (χ3n) is 3.88. The van der Waals surface area contributed by atoms with E-state index in [1.165, 1.54) is 0 Å². The lowest BCUT2D eigenvalue weighted by molar-refractivity contribution is -0.116. The van der Waals surface area contributed by atoms with Gasteiger partial charge in [-0.05, 0) is 55.4 Å². The summed E-state index contributed by atoms with van der Waals surface area (Å²) in [6, 6.07) is 5.93. The van der Waals surface area contributed by atoms with Crippen LogP contribution in [0, 0.1) is 5.92 Å². The number of amides is 1. The third-order valence-corrected chi connectivity index (χ3v) is 3.88. The number of nitrogens with one attached hydrogen (secondary N) is 1. The molecule has 1 aliphatic heterocycles. The van der Waals surface area contributed by atoms with E-state index in [1.54, 1.807) is 6.08 Å². The van der Waals surface area contributed by atoms with Crippen LogP contribution in [0.15, 0.2) is 48.6 Å². The van der Waals surface area contributed by atoms with Gasteiger partial charge >= 0.3 is 0 Å². The van der Waals surface area contributed by atoms with Gasteiger partial charge in [0.1, 0.15) is 0 Å². The second-order valence-electron chi connectivity index (χ2n) is 6.73. The number of benzene rings is 1. The molecular weight excluding hydrogens is 326 g/mol. The maximum atomic E-state index is 11.5. The maximum absolute atomic E-state index is 11.5. The molecule has 0 spiro atoms. The van der Waals surface area contributed by atoms with Crippen molar-refractivity contribution < 1.29 is 14.3 Å². The molecule has 0 radical (unpaired) electrons. The summed E-state index contributed by atoms with van der Waals surface area (Å²) in [6.45, 7) is 5.21. The van der Waals surface area contributed by atoms with Crippen LogP contribution in [0.25, 0.3) is 6.08 Å². The lowest BCUT2D eigenvalue weighted by Gasteiger charge is -2.04. The molecule has 0 aliphatic carbocycles. The summed E-state index contributed by atoms with van der Waals surface area (Å²) in [7, 11) is 0. The van der Waals surface area contributed by atoms with Gasteiger partial charge in [0.15, 0.2) is 11.5 Å². The summed E-state index contributed by atoms with van der Waals surface area (Å²) < 4.78 is 10.7. The Balaban J connectivity index is 1.55. The Morgan fingerprint density at radius 2 is 1.88 bits per heavy atom. The van der Waals surface area contributed by atoms with Crippen molar-refractivity contribution in [2.45, 2.75) is 39.5 Å². The minimum Gasteiger partial charge on any atom is -0.454 e. The first-order chi connectivity index (χ1) is 12.6. The molecular formula is C22H29NO3. The first-order valence-corrected chi connectivity index (χ1v) is 9.32. The van der Waals surface area contributed by atoms with Crippen LogP contribution >= 0.6 is 0 Å². The van der Waals surface area contributed by atoms with Crippen molar-refractivity contribution in [1.29, 1.82) is 0 Å². The monoisotopic (exact) mass is 355 g/mol. The molecule has 0 bridgehead atoms. The lowest BCUT2D eigenvalue weighted by atomic mass is 10.1. The van der Waals surface area contributed by atoms with Crippen molar-refractivity contribution in [2.24, 2.45) is 5.92 Å². The zero-order chi connectivity index (χ0) is 18.6. The normalized spacial score (nSPS) is 13.5. The number of carbonyl (C=O) groups is 1. The van der Waals surface area contributed by atoms with Crippen molar-refractivity contribution >= 4 is 12.0 Å². The molecule has 0 fully saturated rings. The molecule has 0 saturated heterocycles. The summed E-state index contributed by atoms with van der Waals surface area (Å²) in [4.78, 5) is 11.5. The quantitative estimate of drug-likeness (QED) is 0.370.